The average Bonchev–Trinajstić information content (AvgIpc) is 3.38. The molecule has 1 aliphatic heterocycles. The lowest BCUT2D eigenvalue weighted by atomic mass is 9.52. The SMILES string of the molecule is Cc1cc(-c2cc(-c3ccccc3)ccc2Nc2cccc(-c3ccccc3)c2)c2c(c1)C(Cc1ccc(-c3ccccc3)cc1C)c1ccc(N(c3ccccc3)c3ccccc3)cc1B2. The molecule has 0 aromatic heterocycles. The van der Waals surface area contributed by atoms with Gasteiger partial charge in [-0.2, -0.15) is 0 Å². The van der Waals surface area contributed by atoms with Crippen LogP contribution in [-0.4, -0.2) is 7.28 Å². The minimum absolute atomic E-state index is 0.144. The fraction of sp³-hybridized carbons (Fsp3) is 0.0625. The molecular weight excluding hydrogens is 808 g/mol. The molecule has 0 aliphatic carbocycles. The van der Waals surface area contributed by atoms with Crippen molar-refractivity contribution in [3.05, 3.63) is 270 Å². The molecule has 10 aromatic rings. The van der Waals surface area contributed by atoms with E-state index in [1.54, 1.807) is 0 Å². The van der Waals surface area contributed by atoms with Crippen LogP contribution in [0.4, 0.5) is 28.4 Å². The van der Waals surface area contributed by atoms with Gasteiger partial charge in [-0.05, 0) is 142 Å². The summed E-state index contributed by atoms with van der Waals surface area (Å²) in [5.41, 5.74) is 24.8. The van der Waals surface area contributed by atoms with Gasteiger partial charge in [0.15, 0.2) is 7.28 Å². The molecule has 0 radical (unpaired) electrons. The number of nitrogens with one attached hydrogen (secondary N) is 1. The molecule has 10 aromatic carbocycles. The maximum atomic E-state index is 3.94. The third-order valence-corrected chi connectivity index (χ3v) is 13.5. The van der Waals surface area contributed by atoms with Gasteiger partial charge in [-0.1, -0.05) is 198 Å². The summed E-state index contributed by atoms with van der Waals surface area (Å²) >= 11 is 0. The summed E-state index contributed by atoms with van der Waals surface area (Å²) in [5.74, 6) is 0.144. The van der Waals surface area contributed by atoms with Gasteiger partial charge in [0.05, 0.1) is 0 Å². The molecule has 320 valence electrons. The van der Waals surface area contributed by atoms with Gasteiger partial charge in [-0.15, -0.1) is 0 Å². The average molecular weight is 859 g/mol. The first-order chi connectivity index (χ1) is 33.0. The Morgan fingerprint density at radius 2 is 0.970 bits per heavy atom. The van der Waals surface area contributed by atoms with Crippen molar-refractivity contribution >= 4 is 46.6 Å². The highest BCUT2D eigenvalue weighted by Crippen LogP contribution is 2.41. The zero-order valence-electron chi connectivity index (χ0n) is 38.0. The van der Waals surface area contributed by atoms with Crippen LogP contribution in [0.3, 0.4) is 0 Å². The number of anilines is 5. The second-order valence-corrected chi connectivity index (χ2v) is 17.9. The molecular formula is C64H51BN2. The topological polar surface area (TPSA) is 15.3 Å². The molecule has 0 fully saturated rings. The summed E-state index contributed by atoms with van der Waals surface area (Å²) in [4.78, 5) is 2.39. The quantitative estimate of drug-likeness (QED) is 0.130. The number of hydrogen-bond acceptors (Lipinski definition) is 2. The van der Waals surface area contributed by atoms with Crippen LogP contribution in [0.15, 0.2) is 243 Å². The highest BCUT2D eigenvalue weighted by molar-refractivity contribution is 6.70. The highest BCUT2D eigenvalue weighted by Gasteiger charge is 2.31. The zero-order chi connectivity index (χ0) is 45.1. The Balaban J connectivity index is 1.08. The number of fused-ring (bicyclic) bond motifs is 2. The smallest absolute Gasteiger partial charge is 0.193 e. The van der Waals surface area contributed by atoms with Crippen LogP contribution in [0, 0.1) is 13.8 Å². The van der Waals surface area contributed by atoms with Crippen LogP contribution in [-0.2, 0) is 6.42 Å². The van der Waals surface area contributed by atoms with E-state index in [1.807, 2.05) is 0 Å². The molecule has 67 heavy (non-hydrogen) atoms. The predicted molar refractivity (Wildman–Crippen MR) is 287 cm³/mol. The maximum absolute atomic E-state index is 3.94. The van der Waals surface area contributed by atoms with Gasteiger partial charge >= 0.3 is 0 Å². The number of rotatable bonds is 11. The standard InChI is InChI=1S/C64H51BN2/c1-44-37-60-58(41-49-31-32-51(39-45(49)2)47-21-10-4-11-22-47)57-35-34-56(67(54-27-14-6-15-28-54)55-29-16-7-17-30-55)43-62(57)65-64(60)61(38-44)59-42-52(48-23-12-5-13-24-48)33-36-63(59)66-53-26-18-25-50(40-53)46-19-8-3-9-20-46/h3-40,42-43,58,65-66H,41H2,1-2H3. The molecule has 0 amide bonds. The van der Waals surface area contributed by atoms with E-state index in [-0.39, 0.29) is 5.92 Å². The molecule has 1 atom stereocenters. The third kappa shape index (κ3) is 8.61. The number of nitrogens with zero attached hydrogens (tertiary/aromatic N) is 1. The maximum Gasteiger partial charge on any atom is 0.193 e. The van der Waals surface area contributed by atoms with Crippen molar-refractivity contribution in [1.82, 2.24) is 0 Å². The third-order valence-electron chi connectivity index (χ3n) is 13.5. The van der Waals surface area contributed by atoms with Crippen LogP contribution >= 0.6 is 0 Å². The first kappa shape index (κ1) is 41.6. The van der Waals surface area contributed by atoms with Crippen molar-refractivity contribution in [2.75, 3.05) is 10.2 Å². The number of benzene rings is 10. The predicted octanol–water partition coefficient (Wildman–Crippen LogP) is 15.3. The van der Waals surface area contributed by atoms with Crippen molar-refractivity contribution < 1.29 is 0 Å². The van der Waals surface area contributed by atoms with Crippen molar-refractivity contribution in [1.29, 1.82) is 0 Å². The van der Waals surface area contributed by atoms with E-state index < -0.39 is 0 Å². The summed E-state index contributed by atoms with van der Waals surface area (Å²) < 4.78 is 0. The number of hydrogen-bond donors (Lipinski definition) is 1. The first-order valence-electron chi connectivity index (χ1n) is 23.5. The lowest BCUT2D eigenvalue weighted by molar-refractivity contribution is 0.806. The van der Waals surface area contributed by atoms with E-state index in [2.05, 4.69) is 267 Å². The lowest BCUT2D eigenvalue weighted by Crippen LogP contribution is -2.41. The molecule has 1 heterocycles. The minimum atomic E-state index is 0.144. The summed E-state index contributed by atoms with van der Waals surface area (Å²) in [6.45, 7) is 4.56. The normalized spacial score (nSPS) is 12.7. The monoisotopic (exact) mass is 858 g/mol. The van der Waals surface area contributed by atoms with Gasteiger partial charge in [0.2, 0.25) is 0 Å². The Labute approximate surface area is 396 Å². The van der Waals surface area contributed by atoms with E-state index in [0.717, 1.165) is 42.1 Å². The van der Waals surface area contributed by atoms with E-state index >= 15 is 0 Å². The summed E-state index contributed by atoms with van der Waals surface area (Å²) in [6, 6.07) is 88.6. The van der Waals surface area contributed by atoms with E-state index in [9.17, 15) is 0 Å². The largest absolute Gasteiger partial charge is 0.355 e. The fourth-order valence-electron chi connectivity index (χ4n) is 10.2. The molecule has 0 saturated heterocycles. The molecule has 0 bridgehead atoms. The number of aryl methyl sites for hydroxylation is 2. The molecule has 11 rings (SSSR count). The minimum Gasteiger partial charge on any atom is -0.355 e. The van der Waals surface area contributed by atoms with Gasteiger partial charge in [0.1, 0.15) is 0 Å². The van der Waals surface area contributed by atoms with Crippen LogP contribution in [0.1, 0.15) is 33.7 Å². The Morgan fingerprint density at radius 1 is 0.418 bits per heavy atom. The zero-order valence-corrected chi connectivity index (χ0v) is 38.0. The van der Waals surface area contributed by atoms with Crippen molar-refractivity contribution in [3.8, 4) is 44.5 Å². The molecule has 2 nitrogen and oxygen atoms in total. The molecule has 3 heteroatoms. The van der Waals surface area contributed by atoms with E-state index in [4.69, 9.17) is 0 Å². The van der Waals surface area contributed by atoms with Crippen molar-refractivity contribution in [2.45, 2.75) is 26.2 Å². The van der Waals surface area contributed by atoms with Gasteiger partial charge in [-0.3, -0.25) is 0 Å². The van der Waals surface area contributed by atoms with Crippen LogP contribution in [0.2, 0.25) is 0 Å². The summed E-state index contributed by atoms with van der Waals surface area (Å²) in [5, 5.41) is 3.94. The lowest BCUT2D eigenvalue weighted by Gasteiger charge is -2.33. The van der Waals surface area contributed by atoms with Gasteiger partial charge < -0.3 is 10.2 Å². The fourth-order valence-corrected chi connectivity index (χ4v) is 10.2. The van der Waals surface area contributed by atoms with Crippen molar-refractivity contribution in [3.63, 3.8) is 0 Å². The molecule has 1 N–H and O–H groups in total. The molecule has 1 unspecified atom stereocenters. The van der Waals surface area contributed by atoms with Crippen LogP contribution in [0.5, 0.6) is 0 Å². The van der Waals surface area contributed by atoms with E-state index in [0.29, 0.717) is 0 Å². The number of para-hydroxylation sites is 2. The Bertz CT molecular complexity index is 3290. The summed E-state index contributed by atoms with van der Waals surface area (Å²) in [7, 11) is 0.812. The van der Waals surface area contributed by atoms with Crippen molar-refractivity contribution in [2.24, 2.45) is 0 Å². The summed E-state index contributed by atoms with van der Waals surface area (Å²) in [6.07, 6.45) is 0.895. The van der Waals surface area contributed by atoms with Gasteiger partial charge in [0.25, 0.3) is 0 Å². The Morgan fingerprint density at radius 3 is 1.58 bits per heavy atom. The molecule has 1 aliphatic rings. The second kappa shape index (κ2) is 18.4. The Kier molecular flexibility index (Phi) is 11.4. The van der Waals surface area contributed by atoms with E-state index in [1.165, 1.54) is 83.3 Å². The molecule has 0 saturated carbocycles. The van der Waals surface area contributed by atoms with Gasteiger partial charge in [-0.25, -0.2) is 0 Å². The Hall–Kier alpha value is -8.14. The van der Waals surface area contributed by atoms with Crippen LogP contribution in [0.25, 0.3) is 44.5 Å². The first-order valence-corrected chi connectivity index (χ1v) is 23.5. The highest BCUT2D eigenvalue weighted by atomic mass is 15.1. The van der Waals surface area contributed by atoms with Crippen LogP contribution < -0.4 is 21.1 Å². The van der Waals surface area contributed by atoms with Gasteiger partial charge in [0, 0.05) is 39.9 Å². The second-order valence-electron chi connectivity index (χ2n) is 17.9. The molecule has 0 spiro atoms.